The molecule has 0 rings (SSSR count). The summed E-state index contributed by atoms with van der Waals surface area (Å²) >= 11 is 0. The highest BCUT2D eigenvalue weighted by Crippen LogP contribution is 2.13. The molecule has 0 aromatic carbocycles. The van der Waals surface area contributed by atoms with Gasteiger partial charge in [-0.1, -0.05) is 0 Å². The second kappa shape index (κ2) is 7.30. The molecule has 0 radical (unpaired) electrons. The van der Waals surface area contributed by atoms with Gasteiger partial charge in [-0.25, -0.2) is 9.59 Å². The molecule has 7 nitrogen and oxygen atoms in total. The summed E-state index contributed by atoms with van der Waals surface area (Å²) in [5.74, 6) is -2.76. The van der Waals surface area contributed by atoms with Crippen LogP contribution in [0.25, 0.3) is 0 Å². The van der Waals surface area contributed by atoms with Crippen molar-refractivity contribution in [3.8, 4) is 6.07 Å². The van der Waals surface area contributed by atoms with Crippen molar-refractivity contribution in [2.24, 2.45) is 5.73 Å². The van der Waals surface area contributed by atoms with E-state index in [0.29, 0.717) is 0 Å². The van der Waals surface area contributed by atoms with Crippen LogP contribution in [0.5, 0.6) is 0 Å². The first kappa shape index (κ1) is 16.4. The monoisotopic (exact) mass is 243 g/mol. The Labute approximate surface area is 87.3 Å². The second-order valence-electron chi connectivity index (χ2n) is 2.22. The minimum Gasteiger partial charge on any atom is -0.475 e. The van der Waals surface area contributed by atoms with Crippen LogP contribution < -0.4 is 11.1 Å². The number of carbonyl (C=O) groups is 2. The zero-order chi connectivity index (χ0) is 13.4. The first-order valence-electron chi connectivity index (χ1n) is 3.53. The van der Waals surface area contributed by atoms with Crippen LogP contribution in [-0.4, -0.2) is 41.0 Å². The topological polar surface area (TPSA) is 136 Å². The maximum Gasteiger partial charge on any atom is 0.490 e. The van der Waals surface area contributed by atoms with Gasteiger partial charge in [0.25, 0.3) is 0 Å². The Hall–Kier alpha value is -2.02. The number of aliphatic carboxylic acids is 1. The third-order valence-corrected chi connectivity index (χ3v) is 0.882. The Morgan fingerprint density at radius 3 is 2.00 bits per heavy atom. The number of nitriles is 1. The maximum absolute atomic E-state index is 10.6. The van der Waals surface area contributed by atoms with Crippen molar-refractivity contribution in [2.75, 3.05) is 6.54 Å². The fraction of sp³-hybridized carbons (Fsp3) is 0.500. The number of carboxylic acids is 1. The number of alkyl halides is 3. The number of nitrogens with zero attached hydrogens (tertiary/aromatic N) is 1. The average molecular weight is 243 g/mol. The minimum absolute atomic E-state index is 0.0220. The van der Waals surface area contributed by atoms with Gasteiger partial charge in [-0.05, 0) is 0 Å². The van der Waals surface area contributed by atoms with E-state index in [4.69, 9.17) is 26.0 Å². The lowest BCUT2D eigenvalue weighted by atomic mass is 10.3. The van der Waals surface area contributed by atoms with Crippen molar-refractivity contribution in [3.05, 3.63) is 0 Å². The Kier molecular flexibility index (Phi) is 7.48. The predicted molar refractivity (Wildman–Crippen MR) is 43.3 cm³/mol. The molecule has 10 heteroatoms. The van der Waals surface area contributed by atoms with E-state index in [1.165, 1.54) is 0 Å². The molecule has 0 heterocycles. The largest absolute Gasteiger partial charge is 0.490 e. The first-order chi connectivity index (χ1) is 7.11. The van der Waals surface area contributed by atoms with Crippen LogP contribution in [0.3, 0.4) is 0 Å². The number of amides is 1. The Morgan fingerprint density at radius 2 is 1.81 bits per heavy atom. The van der Waals surface area contributed by atoms with Crippen LogP contribution in [0.1, 0.15) is 0 Å². The Morgan fingerprint density at radius 1 is 1.44 bits per heavy atom. The van der Waals surface area contributed by atoms with Crippen LogP contribution in [0.2, 0.25) is 0 Å². The van der Waals surface area contributed by atoms with Crippen molar-refractivity contribution in [3.63, 3.8) is 0 Å². The van der Waals surface area contributed by atoms with Crippen LogP contribution in [0.15, 0.2) is 0 Å². The highest BCUT2D eigenvalue weighted by atomic mass is 19.4. The molecule has 1 amide bonds. The highest BCUT2D eigenvalue weighted by Gasteiger charge is 2.38. The van der Waals surface area contributed by atoms with E-state index in [9.17, 15) is 18.0 Å². The summed E-state index contributed by atoms with van der Waals surface area (Å²) in [7, 11) is 0. The number of rotatable bonds is 2. The third-order valence-electron chi connectivity index (χ3n) is 0.882. The van der Waals surface area contributed by atoms with E-state index in [-0.39, 0.29) is 6.54 Å². The van der Waals surface area contributed by atoms with E-state index in [0.717, 1.165) is 0 Å². The summed E-state index contributed by atoms with van der Waals surface area (Å²) in [6.07, 6.45) is -6.25. The van der Waals surface area contributed by atoms with E-state index in [1.54, 1.807) is 6.07 Å². The lowest BCUT2D eigenvalue weighted by Crippen LogP contribution is -2.35. The average Bonchev–Trinajstić information content (AvgIpc) is 2.13. The van der Waals surface area contributed by atoms with Crippen LogP contribution in [0, 0.1) is 11.3 Å². The van der Waals surface area contributed by atoms with Crippen molar-refractivity contribution in [1.29, 1.82) is 5.26 Å². The molecule has 92 valence electrons. The van der Waals surface area contributed by atoms with Gasteiger partial charge >= 0.3 is 18.2 Å². The molecule has 1 atom stereocenters. The fourth-order valence-electron chi connectivity index (χ4n) is 0.243. The first-order valence-corrected chi connectivity index (χ1v) is 3.53. The molecule has 0 aliphatic rings. The smallest absolute Gasteiger partial charge is 0.475 e. The van der Waals surface area contributed by atoms with Gasteiger partial charge in [0.05, 0.1) is 6.07 Å². The lowest BCUT2D eigenvalue weighted by Gasteiger charge is -1.99. The van der Waals surface area contributed by atoms with Gasteiger partial charge in [-0.15, -0.1) is 0 Å². The zero-order valence-corrected chi connectivity index (χ0v) is 7.65. The number of carboxylic acid groups (broad SMARTS) is 2. The summed E-state index contributed by atoms with van der Waals surface area (Å²) < 4.78 is 31.7. The van der Waals surface area contributed by atoms with Gasteiger partial charge in [0.15, 0.2) is 0 Å². The number of nitrogens with two attached hydrogens (primary N) is 1. The van der Waals surface area contributed by atoms with Crippen molar-refractivity contribution in [1.82, 2.24) is 5.32 Å². The summed E-state index contributed by atoms with van der Waals surface area (Å²) in [6, 6.07) is 0.923. The molecular formula is C6H8F3N3O4. The van der Waals surface area contributed by atoms with Crippen LogP contribution >= 0.6 is 0 Å². The van der Waals surface area contributed by atoms with E-state index < -0.39 is 24.3 Å². The van der Waals surface area contributed by atoms with Crippen molar-refractivity contribution in [2.45, 2.75) is 12.2 Å². The predicted octanol–water partition coefficient (Wildman–Crippen LogP) is -0.262. The molecule has 5 N–H and O–H groups in total. The molecule has 1 unspecified atom stereocenters. The summed E-state index contributed by atoms with van der Waals surface area (Å²) in [5.41, 5.74) is 5.03. The van der Waals surface area contributed by atoms with Crippen LogP contribution in [-0.2, 0) is 4.79 Å². The minimum atomic E-state index is -5.08. The molecule has 0 fully saturated rings. The summed E-state index contributed by atoms with van der Waals surface area (Å²) in [5, 5.41) is 25.1. The molecule has 0 aromatic heterocycles. The zero-order valence-electron chi connectivity index (χ0n) is 7.65. The molecule has 0 bridgehead atoms. The van der Waals surface area contributed by atoms with Gasteiger partial charge < -0.3 is 21.3 Å². The number of halogens is 3. The number of nitrogens with one attached hydrogen (secondary N) is 1. The van der Waals surface area contributed by atoms with E-state index >= 15 is 0 Å². The fourth-order valence-corrected chi connectivity index (χ4v) is 0.243. The van der Waals surface area contributed by atoms with Gasteiger partial charge in [0.2, 0.25) is 0 Å². The third kappa shape index (κ3) is 12.0. The molecule has 16 heavy (non-hydrogen) atoms. The lowest BCUT2D eigenvalue weighted by molar-refractivity contribution is -0.192. The molecule has 0 aliphatic carbocycles. The SMILES string of the molecule is N#CC(N)CNC(=O)O.O=C(O)C(F)(F)F. The molecule has 0 aromatic rings. The van der Waals surface area contributed by atoms with Crippen molar-refractivity contribution < 1.29 is 33.0 Å². The molecule has 0 aliphatic heterocycles. The quantitative estimate of drug-likeness (QED) is 0.527. The summed E-state index contributed by atoms with van der Waals surface area (Å²) in [6.45, 7) is -0.0220. The molecule has 0 spiro atoms. The van der Waals surface area contributed by atoms with Gasteiger partial charge in [-0.2, -0.15) is 18.4 Å². The number of hydrogen-bond acceptors (Lipinski definition) is 4. The Balaban J connectivity index is 0. The maximum atomic E-state index is 10.6. The number of hydrogen-bond donors (Lipinski definition) is 4. The Bertz CT molecular complexity index is 286. The molecule has 0 saturated heterocycles. The van der Waals surface area contributed by atoms with Gasteiger partial charge in [-0.3, -0.25) is 0 Å². The summed E-state index contributed by atoms with van der Waals surface area (Å²) in [4.78, 5) is 18.6. The molecular weight excluding hydrogens is 235 g/mol. The van der Waals surface area contributed by atoms with Gasteiger partial charge in [0, 0.05) is 6.54 Å². The van der Waals surface area contributed by atoms with Gasteiger partial charge in [0.1, 0.15) is 6.04 Å². The van der Waals surface area contributed by atoms with E-state index in [2.05, 4.69) is 0 Å². The van der Waals surface area contributed by atoms with Crippen molar-refractivity contribution >= 4 is 12.1 Å². The van der Waals surface area contributed by atoms with Crippen LogP contribution in [0.4, 0.5) is 18.0 Å². The highest BCUT2D eigenvalue weighted by molar-refractivity contribution is 5.73. The second-order valence-corrected chi connectivity index (χ2v) is 2.22. The molecule has 0 saturated carbocycles. The normalized spacial score (nSPS) is 11.4. The van der Waals surface area contributed by atoms with E-state index in [1.807, 2.05) is 5.32 Å². The standard InChI is InChI=1S/C4H7N3O2.C2HF3O2/c5-1-3(6)2-7-4(8)9;3-2(4,5)1(6)7/h3,7H,2,6H2,(H,8,9);(H,6,7).